The van der Waals surface area contributed by atoms with Gasteiger partial charge >= 0.3 is 0 Å². The maximum atomic E-state index is 11.1. The molecule has 0 amide bonds. The zero-order valence-electron chi connectivity index (χ0n) is 10.9. The number of hydrogen-bond donors (Lipinski definition) is 1. The Hall–Kier alpha value is -1.66. The van der Waals surface area contributed by atoms with Crippen LogP contribution in [-0.4, -0.2) is 36.9 Å². The topological polar surface area (TPSA) is 72.0 Å². The van der Waals surface area contributed by atoms with E-state index in [4.69, 9.17) is 11.6 Å². The molecule has 106 valence electrons. The number of anilines is 1. The van der Waals surface area contributed by atoms with Crippen LogP contribution in [0.15, 0.2) is 36.7 Å². The summed E-state index contributed by atoms with van der Waals surface area (Å²) in [5.41, 5.74) is 1.61. The lowest BCUT2D eigenvalue weighted by Crippen LogP contribution is -2.14. The summed E-state index contributed by atoms with van der Waals surface area (Å²) in [6.45, 7) is 0.310. The maximum Gasteiger partial charge on any atom is 0.149 e. The molecule has 5 nitrogen and oxygen atoms in total. The molecular weight excluding hydrogens is 298 g/mol. The van der Waals surface area contributed by atoms with Gasteiger partial charge in [-0.15, -0.1) is 0 Å². The van der Waals surface area contributed by atoms with Crippen molar-refractivity contribution in [3.8, 4) is 11.3 Å². The SMILES string of the molecule is CS(=O)(=O)CCNc1cc(-c2cccc(Cl)c2)ncn1. The van der Waals surface area contributed by atoms with Crippen molar-refractivity contribution in [2.75, 3.05) is 23.9 Å². The number of rotatable bonds is 5. The number of sulfone groups is 1. The van der Waals surface area contributed by atoms with Crippen LogP contribution in [0.25, 0.3) is 11.3 Å². The third-order valence-corrected chi connectivity index (χ3v) is 3.75. The molecule has 7 heteroatoms. The fourth-order valence-corrected chi connectivity index (χ4v) is 2.29. The van der Waals surface area contributed by atoms with E-state index < -0.39 is 9.84 Å². The fraction of sp³-hybridized carbons (Fsp3) is 0.231. The Morgan fingerprint density at radius 3 is 2.75 bits per heavy atom. The minimum absolute atomic E-state index is 0.0590. The van der Waals surface area contributed by atoms with Crippen molar-refractivity contribution in [1.82, 2.24) is 9.97 Å². The highest BCUT2D eigenvalue weighted by atomic mass is 35.5. The van der Waals surface area contributed by atoms with E-state index in [0.29, 0.717) is 17.4 Å². The average molecular weight is 312 g/mol. The van der Waals surface area contributed by atoms with Crippen molar-refractivity contribution < 1.29 is 8.42 Å². The van der Waals surface area contributed by atoms with Gasteiger partial charge in [0.2, 0.25) is 0 Å². The molecular formula is C13H14ClN3O2S. The molecule has 0 atom stereocenters. The molecule has 0 radical (unpaired) electrons. The molecule has 1 heterocycles. The van der Waals surface area contributed by atoms with Gasteiger partial charge in [-0.25, -0.2) is 18.4 Å². The largest absolute Gasteiger partial charge is 0.369 e. The van der Waals surface area contributed by atoms with Crippen LogP contribution < -0.4 is 5.32 Å². The summed E-state index contributed by atoms with van der Waals surface area (Å²) in [7, 11) is -2.99. The summed E-state index contributed by atoms with van der Waals surface area (Å²) < 4.78 is 22.1. The molecule has 1 aromatic heterocycles. The Bertz CT molecular complexity index is 704. The van der Waals surface area contributed by atoms with Crippen molar-refractivity contribution in [3.05, 3.63) is 41.7 Å². The summed E-state index contributed by atoms with van der Waals surface area (Å²) in [6.07, 6.45) is 2.63. The van der Waals surface area contributed by atoms with Crippen LogP contribution in [0.2, 0.25) is 5.02 Å². The molecule has 0 unspecified atom stereocenters. The number of aromatic nitrogens is 2. The normalized spacial score (nSPS) is 11.3. The zero-order valence-corrected chi connectivity index (χ0v) is 12.4. The molecule has 2 rings (SSSR count). The monoisotopic (exact) mass is 311 g/mol. The molecule has 2 aromatic rings. The standard InChI is InChI=1S/C13H14ClN3O2S/c1-20(18,19)6-5-15-13-8-12(16-9-17-13)10-3-2-4-11(14)7-10/h2-4,7-9H,5-6H2,1H3,(H,15,16,17). The summed E-state index contributed by atoms with van der Waals surface area (Å²) in [6, 6.07) is 9.10. The van der Waals surface area contributed by atoms with E-state index in [9.17, 15) is 8.42 Å². The molecule has 0 fully saturated rings. The van der Waals surface area contributed by atoms with Crippen LogP contribution in [0, 0.1) is 0 Å². The van der Waals surface area contributed by atoms with Crippen LogP contribution in [0.1, 0.15) is 0 Å². The van der Waals surface area contributed by atoms with Gasteiger partial charge in [-0.05, 0) is 12.1 Å². The predicted molar refractivity (Wildman–Crippen MR) is 80.7 cm³/mol. The van der Waals surface area contributed by atoms with Crippen molar-refractivity contribution >= 4 is 27.3 Å². The lowest BCUT2D eigenvalue weighted by atomic mass is 10.1. The highest BCUT2D eigenvalue weighted by Crippen LogP contribution is 2.21. The van der Waals surface area contributed by atoms with Crippen molar-refractivity contribution in [2.45, 2.75) is 0 Å². The van der Waals surface area contributed by atoms with Crippen LogP contribution in [0.5, 0.6) is 0 Å². The van der Waals surface area contributed by atoms with E-state index in [2.05, 4.69) is 15.3 Å². The van der Waals surface area contributed by atoms with Crippen molar-refractivity contribution in [1.29, 1.82) is 0 Å². The first-order chi connectivity index (χ1) is 9.44. The Kier molecular flexibility index (Phi) is 4.57. The molecule has 0 spiro atoms. The molecule has 0 aliphatic carbocycles. The highest BCUT2D eigenvalue weighted by molar-refractivity contribution is 7.90. The lowest BCUT2D eigenvalue weighted by molar-refractivity contribution is 0.602. The van der Waals surface area contributed by atoms with E-state index in [-0.39, 0.29) is 5.75 Å². The van der Waals surface area contributed by atoms with Gasteiger partial charge < -0.3 is 5.32 Å². The molecule has 1 N–H and O–H groups in total. The number of nitrogens with zero attached hydrogens (tertiary/aromatic N) is 2. The first-order valence-electron chi connectivity index (χ1n) is 5.94. The molecule has 0 saturated heterocycles. The Morgan fingerprint density at radius 2 is 2.05 bits per heavy atom. The smallest absolute Gasteiger partial charge is 0.149 e. The molecule has 0 saturated carbocycles. The fourth-order valence-electron chi connectivity index (χ4n) is 1.62. The molecule has 20 heavy (non-hydrogen) atoms. The molecule has 0 aliphatic rings. The highest BCUT2D eigenvalue weighted by Gasteiger charge is 2.04. The second-order valence-electron chi connectivity index (χ2n) is 4.36. The molecule has 0 aliphatic heterocycles. The minimum atomic E-state index is -2.99. The zero-order chi connectivity index (χ0) is 14.6. The van der Waals surface area contributed by atoms with Crippen molar-refractivity contribution in [3.63, 3.8) is 0 Å². The first kappa shape index (κ1) is 14.7. The number of nitrogens with one attached hydrogen (secondary N) is 1. The van der Waals surface area contributed by atoms with Gasteiger partial charge in [0.1, 0.15) is 22.0 Å². The summed E-state index contributed by atoms with van der Waals surface area (Å²) in [5.74, 6) is 0.641. The van der Waals surface area contributed by atoms with E-state index in [1.165, 1.54) is 12.6 Å². The lowest BCUT2D eigenvalue weighted by Gasteiger charge is -2.06. The average Bonchev–Trinajstić information content (AvgIpc) is 2.38. The van der Waals surface area contributed by atoms with Crippen molar-refractivity contribution in [2.24, 2.45) is 0 Å². The number of hydrogen-bond acceptors (Lipinski definition) is 5. The third-order valence-electron chi connectivity index (χ3n) is 2.57. The van der Waals surface area contributed by atoms with Gasteiger partial charge in [0.05, 0.1) is 11.4 Å². The summed E-state index contributed by atoms with van der Waals surface area (Å²) >= 11 is 5.94. The first-order valence-corrected chi connectivity index (χ1v) is 8.37. The van der Waals surface area contributed by atoms with Gasteiger partial charge in [-0.2, -0.15) is 0 Å². The van der Waals surface area contributed by atoms with Gasteiger partial charge in [0.15, 0.2) is 0 Å². The van der Waals surface area contributed by atoms with E-state index >= 15 is 0 Å². The predicted octanol–water partition coefficient (Wildman–Crippen LogP) is 2.25. The third kappa shape index (κ3) is 4.47. The summed E-state index contributed by atoms with van der Waals surface area (Å²) in [5, 5.41) is 3.59. The second-order valence-corrected chi connectivity index (χ2v) is 7.05. The number of benzene rings is 1. The Morgan fingerprint density at radius 1 is 1.25 bits per heavy atom. The minimum Gasteiger partial charge on any atom is -0.369 e. The van der Waals surface area contributed by atoms with Gasteiger partial charge in [-0.1, -0.05) is 23.7 Å². The quantitative estimate of drug-likeness (QED) is 0.917. The Balaban J connectivity index is 2.12. The van der Waals surface area contributed by atoms with Crippen LogP contribution in [-0.2, 0) is 9.84 Å². The Labute approximate surface area is 123 Å². The maximum absolute atomic E-state index is 11.1. The van der Waals surface area contributed by atoms with E-state index in [0.717, 1.165) is 11.3 Å². The number of halogens is 1. The van der Waals surface area contributed by atoms with Crippen LogP contribution in [0.4, 0.5) is 5.82 Å². The molecule has 1 aromatic carbocycles. The van der Waals surface area contributed by atoms with Gasteiger partial charge in [0.25, 0.3) is 0 Å². The van der Waals surface area contributed by atoms with E-state index in [1.807, 2.05) is 18.2 Å². The second kappa shape index (κ2) is 6.19. The van der Waals surface area contributed by atoms with Gasteiger partial charge in [0, 0.05) is 29.5 Å². The van der Waals surface area contributed by atoms with Gasteiger partial charge in [-0.3, -0.25) is 0 Å². The van der Waals surface area contributed by atoms with Crippen LogP contribution in [0.3, 0.4) is 0 Å². The van der Waals surface area contributed by atoms with E-state index in [1.54, 1.807) is 12.1 Å². The molecule has 0 bridgehead atoms. The summed E-state index contributed by atoms with van der Waals surface area (Å²) in [4.78, 5) is 8.24. The van der Waals surface area contributed by atoms with Crippen LogP contribution >= 0.6 is 11.6 Å².